The van der Waals surface area contributed by atoms with Gasteiger partial charge in [0.2, 0.25) is 0 Å². The average molecular weight is 553 g/mol. The van der Waals surface area contributed by atoms with Gasteiger partial charge in [0.15, 0.2) is 0 Å². The van der Waals surface area contributed by atoms with Crippen LogP contribution in [0, 0.1) is 19.3 Å². The minimum atomic E-state index is -0.113. The summed E-state index contributed by atoms with van der Waals surface area (Å²) < 4.78 is 11.6. The zero-order chi connectivity index (χ0) is 28.2. The summed E-state index contributed by atoms with van der Waals surface area (Å²) in [5, 5.41) is 13.5. The first-order valence-corrected chi connectivity index (χ1v) is 15.4. The first kappa shape index (κ1) is 27.1. The van der Waals surface area contributed by atoms with Gasteiger partial charge in [0.25, 0.3) is 0 Å². The van der Waals surface area contributed by atoms with Crippen molar-refractivity contribution in [1.82, 2.24) is 0 Å². The van der Waals surface area contributed by atoms with Gasteiger partial charge in [-0.1, -0.05) is 62.7 Å². The van der Waals surface area contributed by atoms with Gasteiger partial charge in [0.1, 0.15) is 17.2 Å². The summed E-state index contributed by atoms with van der Waals surface area (Å²) in [7, 11) is 3.47. The van der Waals surface area contributed by atoms with Crippen molar-refractivity contribution in [3.8, 4) is 28.4 Å². The largest absolute Gasteiger partial charge is 0.507 e. The maximum Gasteiger partial charge on any atom is 0.133 e. The third-order valence-corrected chi connectivity index (χ3v) is 11.6. The molecule has 0 amide bonds. The van der Waals surface area contributed by atoms with Crippen molar-refractivity contribution < 1.29 is 14.6 Å². The molecule has 1 N–H and O–H groups in total. The third kappa shape index (κ3) is 4.02. The van der Waals surface area contributed by atoms with Crippen LogP contribution in [0.15, 0.2) is 64.4 Å². The predicted octanol–water partition coefficient (Wildman–Crippen LogP) is 9.98. The second-order valence-corrected chi connectivity index (χ2v) is 12.9. The molecule has 1 fully saturated rings. The second kappa shape index (κ2) is 10.1. The van der Waals surface area contributed by atoms with E-state index >= 15 is 0 Å². The van der Waals surface area contributed by atoms with Crippen LogP contribution in [-0.2, 0) is 5.41 Å². The smallest absolute Gasteiger partial charge is 0.133 e. The highest BCUT2D eigenvalue weighted by molar-refractivity contribution is 7.99. The van der Waals surface area contributed by atoms with E-state index in [1.54, 1.807) is 26.0 Å². The van der Waals surface area contributed by atoms with Crippen molar-refractivity contribution in [3.63, 3.8) is 0 Å². The molecule has 0 heterocycles. The van der Waals surface area contributed by atoms with E-state index < -0.39 is 0 Å². The molecule has 0 aliphatic heterocycles. The van der Waals surface area contributed by atoms with Crippen LogP contribution in [0.5, 0.6) is 17.2 Å². The summed E-state index contributed by atoms with van der Waals surface area (Å²) >= 11 is 1.75. The minimum absolute atomic E-state index is 0.113. The van der Waals surface area contributed by atoms with Crippen molar-refractivity contribution in [2.24, 2.45) is 5.41 Å². The van der Waals surface area contributed by atoms with Gasteiger partial charge in [0.05, 0.1) is 19.1 Å². The molecule has 3 nitrogen and oxygen atoms in total. The topological polar surface area (TPSA) is 38.7 Å². The molecule has 2 aliphatic carbocycles. The molecule has 0 unspecified atom stereocenters. The lowest BCUT2D eigenvalue weighted by Gasteiger charge is -2.45. The minimum Gasteiger partial charge on any atom is -0.507 e. The van der Waals surface area contributed by atoms with Crippen LogP contribution in [0.4, 0.5) is 0 Å². The number of hydrogen-bond donors (Lipinski definition) is 1. The van der Waals surface area contributed by atoms with E-state index in [2.05, 4.69) is 76.2 Å². The van der Waals surface area contributed by atoms with Gasteiger partial charge < -0.3 is 14.6 Å². The maximum absolute atomic E-state index is 11.5. The molecule has 1 saturated carbocycles. The molecule has 4 aromatic carbocycles. The van der Waals surface area contributed by atoms with Gasteiger partial charge >= 0.3 is 0 Å². The fraction of sp³-hybridized carbons (Fsp3) is 0.389. The number of fused-ring (bicyclic) bond motifs is 7. The van der Waals surface area contributed by atoms with Crippen molar-refractivity contribution in [2.45, 2.75) is 81.4 Å². The Labute approximate surface area is 242 Å². The van der Waals surface area contributed by atoms with E-state index in [1.165, 1.54) is 64.0 Å². The van der Waals surface area contributed by atoms with Crippen LogP contribution in [0.2, 0.25) is 0 Å². The summed E-state index contributed by atoms with van der Waals surface area (Å²) in [6.45, 7) is 9.03. The van der Waals surface area contributed by atoms with Gasteiger partial charge in [-0.05, 0) is 114 Å². The van der Waals surface area contributed by atoms with Crippen LogP contribution < -0.4 is 9.47 Å². The number of ether oxygens (including phenoxy) is 2. The Bertz CT molecular complexity index is 1580. The van der Waals surface area contributed by atoms with Crippen molar-refractivity contribution in [1.29, 1.82) is 0 Å². The Morgan fingerprint density at radius 1 is 0.800 bits per heavy atom. The zero-order valence-electron chi connectivity index (χ0n) is 24.6. The van der Waals surface area contributed by atoms with Crippen molar-refractivity contribution >= 4 is 22.5 Å². The van der Waals surface area contributed by atoms with Gasteiger partial charge in [-0.2, -0.15) is 0 Å². The Balaban J connectivity index is 1.60. The Hall–Kier alpha value is -3.11. The molecule has 40 heavy (non-hydrogen) atoms. The molecular weight excluding hydrogens is 512 g/mol. The highest BCUT2D eigenvalue weighted by atomic mass is 32.2. The standard InChI is InChI=1S/C36H40O3S/c1-7-35(8-2)14-16-36(17-15-35)28-18-24(38-5)12-13-25(28)33-27-20-32(40-34-22(3)10-9-11-23(34)4)31(39-6)19-26(27)30(37)21-29(33)36/h9-13,18-21,37H,7-8,14-17H2,1-6H3. The van der Waals surface area contributed by atoms with E-state index in [9.17, 15) is 5.11 Å². The normalized spacial score (nSPS) is 16.6. The Morgan fingerprint density at radius 2 is 1.50 bits per heavy atom. The molecule has 6 rings (SSSR count). The highest BCUT2D eigenvalue weighted by Gasteiger charge is 2.49. The Morgan fingerprint density at radius 3 is 2.12 bits per heavy atom. The SMILES string of the molecule is CCC1(CC)CCC2(CC1)c1cc(OC)ccc1-c1c2cc(O)c2cc(OC)c(Sc3c(C)cccc3C)cc12. The van der Waals surface area contributed by atoms with Crippen LogP contribution in [0.3, 0.4) is 0 Å². The van der Waals surface area contributed by atoms with Gasteiger partial charge in [-0.3, -0.25) is 0 Å². The second-order valence-electron chi connectivity index (χ2n) is 11.9. The maximum atomic E-state index is 11.5. The molecule has 208 valence electrons. The number of hydrogen-bond acceptors (Lipinski definition) is 4. The number of benzene rings is 4. The summed E-state index contributed by atoms with van der Waals surface area (Å²) in [4.78, 5) is 2.32. The highest BCUT2D eigenvalue weighted by Crippen LogP contribution is 2.62. The van der Waals surface area contributed by atoms with Crippen LogP contribution in [0.1, 0.15) is 74.6 Å². The van der Waals surface area contributed by atoms with Crippen molar-refractivity contribution in [3.05, 3.63) is 76.9 Å². The number of aryl methyl sites for hydroxylation is 2. The first-order valence-electron chi connectivity index (χ1n) is 14.6. The summed E-state index contributed by atoms with van der Waals surface area (Å²) in [5.74, 6) is 2.01. The summed E-state index contributed by atoms with van der Waals surface area (Å²) in [6.07, 6.45) is 7.02. The van der Waals surface area contributed by atoms with E-state index in [4.69, 9.17) is 9.47 Å². The summed E-state index contributed by atoms with van der Waals surface area (Å²) in [5.41, 5.74) is 7.97. The van der Waals surface area contributed by atoms with E-state index in [1.807, 2.05) is 6.07 Å². The molecule has 0 saturated heterocycles. The number of methoxy groups -OCH3 is 2. The van der Waals surface area contributed by atoms with Crippen LogP contribution >= 0.6 is 11.8 Å². The quantitative estimate of drug-likeness (QED) is 0.258. The van der Waals surface area contributed by atoms with E-state index in [0.29, 0.717) is 11.2 Å². The molecule has 0 atom stereocenters. The number of rotatable bonds is 6. The number of aromatic hydroxyl groups is 1. The van der Waals surface area contributed by atoms with Gasteiger partial charge in [-0.15, -0.1) is 0 Å². The van der Waals surface area contributed by atoms with E-state index in [0.717, 1.165) is 40.0 Å². The molecule has 2 aliphatic rings. The first-order chi connectivity index (χ1) is 19.3. The lowest BCUT2D eigenvalue weighted by molar-refractivity contribution is 0.133. The predicted molar refractivity (Wildman–Crippen MR) is 166 cm³/mol. The van der Waals surface area contributed by atoms with Gasteiger partial charge in [0, 0.05) is 15.7 Å². The zero-order valence-corrected chi connectivity index (χ0v) is 25.4. The molecule has 0 aromatic heterocycles. The average Bonchev–Trinajstić information content (AvgIpc) is 3.23. The Kier molecular flexibility index (Phi) is 6.81. The fourth-order valence-electron chi connectivity index (χ4n) is 7.50. The molecule has 1 spiro atoms. The molecule has 4 heteroatoms. The third-order valence-electron chi connectivity index (χ3n) is 10.2. The molecule has 0 radical (unpaired) electrons. The molecule has 0 bridgehead atoms. The monoisotopic (exact) mass is 552 g/mol. The molecular formula is C36H40O3S. The lowest BCUT2D eigenvalue weighted by Crippen LogP contribution is -2.36. The van der Waals surface area contributed by atoms with Crippen molar-refractivity contribution in [2.75, 3.05) is 14.2 Å². The number of phenolic OH excluding ortho intramolecular Hbond substituents is 1. The fourth-order valence-corrected chi connectivity index (χ4v) is 8.60. The van der Waals surface area contributed by atoms with Gasteiger partial charge in [-0.25, -0.2) is 0 Å². The van der Waals surface area contributed by atoms with Crippen LogP contribution in [-0.4, -0.2) is 19.3 Å². The number of phenols is 1. The van der Waals surface area contributed by atoms with Crippen LogP contribution in [0.25, 0.3) is 21.9 Å². The van der Waals surface area contributed by atoms with E-state index in [-0.39, 0.29) is 5.41 Å². The summed E-state index contributed by atoms with van der Waals surface area (Å²) in [6, 6.07) is 19.4. The molecule has 4 aromatic rings. The lowest BCUT2D eigenvalue weighted by atomic mass is 9.58.